The smallest absolute Gasteiger partial charge is 0.288 e. The Bertz CT molecular complexity index is 1030. The maximum absolute atomic E-state index is 13.0. The Morgan fingerprint density at radius 3 is 2.70 bits per heavy atom. The first-order chi connectivity index (χ1) is 12.9. The molecule has 0 aliphatic heterocycles. The Balaban J connectivity index is 1.68. The number of hydrogen-bond acceptors (Lipinski definition) is 5. The number of carbonyl (C=O) groups excluding carboxylic acids is 1. The highest BCUT2D eigenvalue weighted by Crippen LogP contribution is 2.26. The summed E-state index contributed by atoms with van der Waals surface area (Å²) in [5, 5.41) is 15.6. The second kappa shape index (κ2) is 8.07. The van der Waals surface area contributed by atoms with Crippen LogP contribution in [0, 0.1) is 15.9 Å². The molecule has 0 saturated carbocycles. The average Bonchev–Trinajstić information content (AvgIpc) is 3.09. The van der Waals surface area contributed by atoms with Crippen LogP contribution in [0.5, 0.6) is 0 Å². The fourth-order valence-electron chi connectivity index (χ4n) is 2.18. The molecule has 0 radical (unpaired) electrons. The highest BCUT2D eigenvalue weighted by atomic mass is 35.5. The van der Waals surface area contributed by atoms with Gasteiger partial charge in [-0.3, -0.25) is 20.2 Å². The number of nitro benzene ring substituents is 1. The molecule has 136 valence electrons. The average molecular weight is 404 g/mol. The number of hydrogen-bond donors (Lipinski definition) is 1. The van der Waals surface area contributed by atoms with Crippen LogP contribution in [0.4, 0.5) is 15.2 Å². The molecule has 9 heteroatoms. The lowest BCUT2D eigenvalue weighted by Gasteiger charge is -1.99. The largest absolute Gasteiger partial charge is 0.298 e. The molecule has 6 nitrogen and oxygen atoms in total. The van der Waals surface area contributed by atoms with Crippen LogP contribution in [0.2, 0.25) is 5.02 Å². The van der Waals surface area contributed by atoms with E-state index in [0.29, 0.717) is 16.4 Å². The number of aromatic nitrogens is 1. The van der Waals surface area contributed by atoms with Gasteiger partial charge in [0.05, 0.1) is 10.6 Å². The molecule has 0 aliphatic rings. The standard InChI is InChI=1S/C18H11ClFN3O3S/c19-14-7-1-11(9-16(14)23(25)26)2-8-17(24)22-18-21-15(10-27-18)12-3-5-13(20)6-4-12/h1-10H,(H,21,22,24)/b8-2+. The number of halogens is 2. The summed E-state index contributed by atoms with van der Waals surface area (Å²) in [5.41, 5.74) is 1.58. The zero-order valence-electron chi connectivity index (χ0n) is 13.6. The summed E-state index contributed by atoms with van der Waals surface area (Å²) in [7, 11) is 0. The summed E-state index contributed by atoms with van der Waals surface area (Å²) in [4.78, 5) is 26.6. The number of nitrogens with zero attached hydrogens (tertiary/aromatic N) is 2. The molecule has 1 amide bonds. The van der Waals surface area contributed by atoms with Crippen molar-refractivity contribution in [2.24, 2.45) is 0 Å². The van der Waals surface area contributed by atoms with Crippen molar-refractivity contribution < 1.29 is 14.1 Å². The van der Waals surface area contributed by atoms with Crippen molar-refractivity contribution in [3.8, 4) is 11.3 Å². The molecule has 3 rings (SSSR count). The molecule has 2 aromatic carbocycles. The van der Waals surface area contributed by atoms with Crippen LogP contribution in [0.15, 0.2) is 53.9 Å². The summed E-state index contributed by atoms with van der Waals surface area (Å²) < 4.78 is 13.0. The van der Waals surface area contributed by atoms with E-state index >= 15 is 0 Å². The van der Waals surface area contributed by atoms with E-state index < -0.39 is 10.8 Å². The number of benzene rings is 2. The SMILES string of the molecule is O=C(/C=C/c1ccc(Cl)c([N+](=O)[O-])c1)Nc1nc(-c2ccc(F)cc2)cs1. The molecule has 27 heavy (non-hydrogen) atoms. The maximum Gasteiger partial charge on any atom is 0.288 e. The molecule has 3 aromatic rings. The van der Waals surface area contributed by atoms with Gasteiger partial charge < -0.3 is 0 Å². The third-order valence-corrected chi connectivity index (χ3v) is 4.55. The molecular weight excluding hydrogens is 393 g/mol. The highest BCUT2D eigenvalue weighted by molar-refractivity contribution is 7.14. The number of anilines is 1. The molecule has 0 fully saturated rings. The van der Waals surface area contributed by atoms with Gasteiger partial charge in [0.25, 0.3) is 5.69 Å². The lowest BCUT2D eigenvalue weighted by atomic mass is 10.2. The van der Waals surface area contributed by atoms with E-state index in [0.717, 1.165) is 5.56 Å². The zero-order chi connectivity index (χ0) is 19.4. The Morgan fingerprint density at radius 2 is 2.00 bits per heavy atom. The first-order valence-electron chi connectivity index (χ1n) is 7.57. The highest BCUT2D eigenvalue weighted by Gasteiger charge is 2.12. The number of nitro groups is 1. The third-order valence-electron chi connectivity index (χ3n) is 3.47. The third kappa shape index (κ3) is 4.75. The van der Waals surface area contributed by atoms with Gasteiger partial charge in [-0.2, -0.15) is 0 Å². The van der Waals surface area contributed by atoms with Gasteiger partial charge >= 0.3 is 0 Å². The molecule has 1 aromatic heterocycles. The van der Waals surface area contributed by atoms with Gasteiger partial charge in [0, 0.05) is 23.1 Å². The predicted octanol–water partition coefficient (Wildman–Crippen LogP) is 5.16. The van der Waals surface area contributed by atoms with Crippen LogP contribution in [-0.2, 0) is 4.79 Å². The minimum Gasteiger partial charge on any atom is -0.298 e. The summed E-state index contributed by atoms with van der Waals surface area (Å²) in [6.45, 7) is 0. The lowest BCUT2D eigenvalue weighted by molar-refractivity contribution is -0.384. The Labute approximate surface area is 162 Å². The van der Waals surface area contributed by atoms with Crippen molar-refractivity contribution in [2.75, 3.05) is 5.32 Å². The van der Waals surface area contributed by atoms with Crippen molar-refractivity contribution in [1.82, 2.24) is 4.98 Å². The van der Waals surface area contributed by atoms with Gasteiger partial charge in [0.2, 0.25) is 5.91 Å². The van der Waals surface area contributed by atoms with E-state index in [4.69, 9.17) is 11.6 Å². The minimum absolute atomic E-state index is 0.0257. The van der Waals surface area contributed by atoms with Crippen molar-refractivity contribution in [1.29, 1.82) is 0 Å². The number of nitrogens with one attached hydrogen (secondary N) is 1. The molecule has 0 atom stereocenters. The second-order valence-electron chi connectivity index (χ2n) is 5.34. The lowest BCUT2D eigenvalue weighted by Crippen LogP contribution is -2.07. The van der Waals surface area contributed by atoms with E-state index in [1.54, 1.807) is 23.6 Å². The van der Waals surface area contributed by atoms with Crippen LogP contribution < -0.4 is 5.32 Å². The van der Waals surface area contributed by atoms with E-state index in [1.165, 1.54) is 47.8 Å². The Hall–Kier alpha value is -3.10. The van der Waals surface area contributed by atoms with Crippen molar-refractivity contribution in [3.63, 3.8) is 0 Å². The second-order valence-corrected chi connectivity index (χ2v) is 6.60. The Kier molecular flexibility index (Phi) is 5.58. The van der Waals surface area contributed by atoms with Gasteiger partial charge in [-0.25, -0.2) is 9.37 Å². The molecule has 0 unspecified atom stereocenters. The van der Waals surface area contributed by atoms with Crippen molar-refractivity contribution in [2.45, 2.75) is 0 Å². The van der Waals surface area contributed by atoms with Gasteiger partial charge in [-0.15, -0.1) is 11.3 Å². The zero-order valence-corrected chi connectivity index (χ0v) is 15.1. The van der Waals surface area contributed by atoms with Crippen LogP contribution >= 0.6 is 22.9 Å². The summed E-state index contributed by atoms with van der Waals surface area (Å²) in [6, 6.07) is 10.1. The van der Waals surface area contributed by atoms with Gasteiger partial charge in [-0.1, -0.05) is 17.7 Å². The van der Waals surface area contributed by atoms with E-state index in [-0.39, 0.29) is 16.5 Å². The summed E-state index contributed by atoms with van der Waals surface area (Å²) in [6.07, 6.45) is 2.68. The van der Waals surface area contributed by atoms with Crippen LogP contribution in [0.3, 0.4) is 0 Å². The summed E-state index contributed by atoms with van der Waals surface area (Å²) >= 11 is 6.98. The first-order valence-corrected chi connectivity index (χ1v) is 8.82. The number of thiazole rings is 1. The van der Waals surface area contributed by atoms with Gasteiger partial charge in [0.1, 0.15) is 10.8 Å². The number of carbonyl (C=O) groups is 1. The van der Waals surface area contributed by atoms with E-state index in [1.807, 2.05) is 0 Å². The first kappa shape index (κ1) is 18.7. The molecule has 0 saturated heterocycles. The fraction of sp³-hybridized carbons (Fsp3) is 0. The van der Waals surface area contributed by atoms with Crippen molar-refractivity contribution >= 4 is 45.7 Å². The molecule has 0 bridgehead atoms. The van der Waals surface area contributed by atoms with Gasteiger partial charge in [0.15, 0.2) is 5.13 Å². The van der Waals surface area contributed by atoms with Crippen LogP contribution in [0.25, 0.3) is 17.3 Å². The monoisotopic (exact) mass is 403 g/mol. The Morgan fingerprint density at radius 1 is 1.26 bits per heavy atom. The molecule has 1 N–H and O–H groups in total. The topological polar surface area (TPSA) is 85.1 Å². The van der Waals surface area contributed by atoms with Gasteiger partial charge in [-0.05, 0) is 42.0 Å². The minimum atomic E-state index is -0.591. The van der Waals surface area contributed by atoms with E-state index in [2.05, 4.69) is 10.3 Å². The molecule has 0 aliphatic carbocycles. The number of rotatable bonds is 5. The predicted molar refractivity (Wildman–Crippen MR) is 103 cm³/mol. The molecular formula is C18H11ClFN3O3S. The molecule has 0 spiro atoms. The normalized spacial score (nSPS) is 10.9. The fourth-order valence-corrected chi connectivity index (χ4v) is 3.09. The molecule has 1 heterocycles. The van der Waals surface area contributed by atoms with Crippen LogP contribution in [0.1, 0.15) is 5.56 Å². The van der Waals surface area contributed by atoms with E-state index in [9.17, 15) is 19.3 Å². The van der Waals surface area contributed by atoms with Crippen molar-refractivity contribution in [3.05, 3.63) is 80.4 Å². The summed E-state index contributed by atoms with van der Waals surface area (Å²) in [5.74, 6) is -0.775. The quantitative estimate of drug-likeness (QED) is 0.362. The number of amides is 1. The van der Waals surface area contributed by atoms with Crippen LogP contribution in [-0.4, -0.2) is 15.8 Å². The maximum atomic E-state index is 13.0.